The van der Waals surface area contributed by atoms with Gasteiger partial charge in [0.15, 0.2) is 0 Å². The molecule has 0 saturated heterocycles. The first-order valence-electron chi connectivity index (χ1n) is 2.95. The molecule has 0 saturated carbocycles. The number of allylic oxidation sites excluding steroid dienone is 1. The van der Waals surface area contributed by atoms with Crippen LogP contribution in [0.1, 0.15) is 0 Å². The van der Waals surface area contributed by atoms with Crippen LogP contribution in [0.25, 0.3) is 0 Å². The fourth-order valence-corrected chi connectivity index (χ4v) is 0.544. The van der Waals surface area contributed by atoms with Gasteiger partial charge in [-0.3, -0.25) is 0 Å². The number of hydrogen-bond acceptors (Lipinski definition) is 3. The van der Waals surface area contributed by atoms with Crippen molar-refractivity contribution in [2.45, 2.75) is 6.54 Å². The first kappa shape index (κ1) is 9.79. The van der Waals surface area contributed by atoms with Crippen molar-refractivity contribution in [3.63, 3.8) is 0 Å². The second-order valence-electron chi connectivity index (χ2n) is 1.65. The van der Waals surface area contributed by atoms with E-state index in [9.17, 15) is 0 Å². The smallest absolute Gasteiger partial charge is 0.130 e. The molecule has 0 N–H and O–H groups in total. The van der Waals surface area contributed by atoms with Gasteiger partial charge in [0.2, 0.25) is 0 Å². The largest absolute Gasteiger partial charge is 0.334 e. The van der Waals surface area contributed by atoms with Gasteiger partial charge in [-0.1, -0.05) is 18.7 Å². The Morgan fingerprint density at radius 3 is 2.82 bits per heavy atom. The predicted molar refractivity (Wildman–Crippen MR) is 47.0 cm³/mol. The van der Waals surface area contributed by atoms with Gasteiger partial charge in [0.1, 0.15) is 5.40 Å². The van der Waals surface area contributed by atoms with Gasteiger partial charge in [0.25, 0.3) is 0 Å². The molecule has 58 valence electrons. The molecule has 0 spiro atoms. The highest BCUT2D eigenvalue weighted by Gasteiger charge is 1.79. The van der Waals surface area contributed by atoms with Crippen LogP contribution in [0.15, 0.2) is 31.4 Å². The van der Waals surface area contributed by atoms with Crippen molar-refractivity contribution in [1.29, 1.82) is 5.26 Å². The van der Waals surface area contributed by atoms with Gasteiger partial charge >= 0.3 is 0 Å². The first-order valence-corrected chi connectivity index (χ1v) is 3.39. The molecule has 4 heteroatoms. The fraction of sp³-hybridized carbons (Fsp3) is 0.143. The minimum atomic E-state index is 0.847. The van der Waals surface area contributed by atoms with E-state index in [2.05, 4.69) is 24.2 Å². The maximum Gasteiger partial charge on any atom is 0.130 e. The molecule has 1 aromatic heterocycles. The van der Waals surface area contributed by atoms with Crippen LogP contribution >= 0.6 is 12.6 Å². The zero-order valence-corrected chi connectivity index (χ0v) is 6.91. The van der Waals surface area contributed by atoms with Crippen LogP contribution in [-0.2, 0) is 6.54 Å². The van der Waals surface area contributed by atoms with E-state index in [1.54, 1.807) is 12.5 Å². The Morgan fingerprint density at radius 1 is 1.82 bits per heavy atom. The number of nitriles is 1. The highest BCUT2D eigenvalue weighted by atomic mass is 32.1. The molecule has 0 bridgehead atoms. The first-order chi connectivity index (χ1) is 5.35. The fourth-order valence-electron chi connectivity index (χ4n) is 0.544. The van der Waals surface area contributed by atoms with Crippen molar-refractivity contribution in [3.8, 4) is 5.40 Å². The van der Waals surface area contributed by atoms with Crippen molar-refractivity contribution in [2.24, 2.45) is 0 Å². The molecule has 11 heavy (non-hydrogen) atoms. The summed E-state index contributed by atoms with van der Waals surface area (Å²) in [4.78, 5) is 3.86. The van der Waals surface area contributed by atoms with Gasteiger partial charge in [-0.05, 0) is 0 Å². The zero-order chi connectivity index (χ0) is 8.53. The van der Waals surface area contributed by atoms with Crippen LogP contribution in [0.5, 0.6) is 0 Å². The van der Waals surface area contributed by atoms with Crippen molar-refractivity contribution < 1.29 is 0 Å². The monoisotopic (exact) mass is 167 g/mol. The SMILES string of the molecule is C=CCn1ccnc1.N#CS. The third-order valence-electron chi connectivity index (χ3n) is 0.899. The van der Waals surface area contributed by atoms with E-state index in [4.69, 9.17) is 5.26 Å². The van der Waals surface area contributed by atoms with Crippen LogP contribution in [0, 0.1) is 10.7 Å². The lowest BCUT2D eigenvalue weighted by Gasteiger charge is -1.89. The molecule has 0 aromatic carbocycles. The average molecular weight is 167 g/mol. The highest BCUT2D eigenvalue weighted by Crippen LogP contribution is 1.83. The third-order valence-corrected chi connectivity index (χ3v) is 0.899. The summed E-state index contributed by atoms with van der Waals surface area (Å²) in [5, 5.41) is 8.63. The van der Waals surface area contributed by atoms with E-state index in [0.717, 1.165) is 6.54 Å². The molecular formula is C7H9N3S. The molecule has 1 rings (SSSR count). The minimum absolute atomic E-state index is 0.847. The van der Waals surface area contributed by atoms with Crippen molar-refractivity contribution in [2.75, 3.05) is 0 Å². The van der Waals surface area contributed by atoms with Crippen LogP contribution in [0.2, 0.25) is 0 Å². The Labute approximate surface area is 71.4 Å². The Kier molecular flexibility index (Phi) is 6.14. The van der Waals surface area contributed by atoms with Crippen LogP contribution in [0.3, 0.4) is 0 Å². The van der Waals surface area contributed by atoms with E-state index >= 15 is 0 Å². The number of nitrogens with zero attached hydrogens (tertiary/aromatic N) is 3. The van der Waals surface area contributed by atoms with Crippen LogP contribution in [-0.4, -0.2) is 9.55 Å². The molecule has 3 nitrogen and oxygen atoms in total. The summed E-state index contributed by atoms with van der Waals surface area (Å²) in [6.45, 7) is 4.43. The van der Waals surface area contributed by atoms with Gasteiger partial charge in [-0.2, -0.15) is 5.26 Å². The molecular weight excluding hydrogens is 158 g/mol. The molecule has 0 aliphatic rings. The zero-order valence-electron chi connectivity index (χ0n) is 6.01. The minimum Gasteiger partial charge on any atom is -0.334 e. The van der Waals surface area contributed by atoms with Crippen molar-refractivity contribution in [1.82, 2.24) is 9.55 Å². The second kappa shape index (κ2) is 6.90. The Hall–Kier alpha value is -1.21. The molecule has 1 aromatic rings. The topological polar surface area (TPSA) is 41.6 Å². The van der Waals surface area contributed by atoms with Gasteiger partial charge in [-0.15, -0.1) is 6.58 Å². The molecule has 1 heterocycles. The molecule has 0 fully saturated rings. The van der Waals surface area contributed by atoms with Crippen LogP contribution < -0.4 is 0 Å². The molecule has 0 amide bonds. The van der Waals surface area contributed by atoms with Crippen molar-refractivity contribution in [3.05, 3.63) is 31.4 Å². The predicted octanol–water partition coefficient (Wildman–Crippen LogP) is 1.47. The summed E-state index contributed by atoms with van der Waals surface area (Å²) in [6, 6.07) is 0. The molecule has 0 unspecified atom stereocenters. The number of imidazole rings is 1. The Morgan fingerprint density at radius 2 is 2.45 bits per heavy atom. The maximum absolute atomic E-state index is 7.18. The summed E-state index contributed by atoms with van der Waals surface area (Å²) in [7, 11) is 0. The quantitative estimate of drug-likeness (QED) is 0.411. The lowest BCUT2D eigenvalue weighted by Crippen LogP contribution is -1.87. The summed E-state index contributed by atoms with van der Waals surface area (Å²) in [5.41, 5.74) is 0. The van der Waals surface area contributed by atoms with E-state index in [0.29, 0.717) is 0 Å². The number of thiocyanates is 1. The van der Waals surface area contributed by atoms with E-state index in [-0.39, 0.29) is 0 Å². The van der Waals surface area contributed by atoms with Gasteiger partial charge < -0.3 is 4.57 Å². The number of hydrogen-bond donors (Lipinski definition) is 1. The average Bonchev–Trinajstić information content (AvgIpc) is 2.42. The Bertz CT molecular complexity index is 222. The normalized spacial score (nSPS) is 7.27. The maximum atomic E-state index is 7.18. The molecule has 0 aliphatic carbocycles. The van der Waals surface area contributed by atoms with Gasteiger partial charge in [0, 0.05) is 18.9 Å². The second-order valence-corrected chi connectivity index (χ2v) is 1.85. The van der Waals surface area contributed by atoms with Crippen molar-refractivity contribution >= 4 is 12.6 Å². The number of thiol groups is 1. The molecule has 0 radical (unpaired) electrons. The van der Waals surface area contributed by atoms with Crippen LogP contribution in [0.4, 0.5) is 0 Å². The Balaban J connectivity index is 0.000000292. The molecule has 0 aliphatic heterocycles. The summed E-state index contributed by atoms with van der Waals surface area (Å²) < 4.78 is 1.95. The van der Waals surface area contributed by atoms with Gasteiger partial charge in [-0.25, -0.2) is 4.98 Å². The van der Waals surface area contributed by atoms with E-state index in [1.807, 2.05) is 16.8 Å². The highest BCUT2D eigenvalue weighted by molar-refractivity contribution is 7.85. The summed E-state index contributed by atoms with van der Waals surface area (Å²) in [5.74, 6) is 0. The van der Waals surface area contributed by atoms with E-state index in [1.165, 1.54) is 5.40 Å². The third kappa shape index (κ3) is 5.25. The van der Waals surface area contributed by atoms with Gasteiger partial charge in [0.05, 0.1) is 6.33 Å². The number of rotatable bonds is 2. The lowest BCUT2D eigenvalue weighted by atomic mass is 10.6. The molecule has 0 atom stereocenters. The van der Waals surface area contributed by atoms with E-state index < -0.39 is 0 Å². The summed E-state index contributed by atoms with van der Waals surface area (Å²) in [6.07, 6.45) is 7.26. The summed E-state index contributed by atoms with van der Waals surface area (Å²) >= 11 is 3.09. The lowest BCUT2D eigenvalue weighted by molar-refractivity contribution is 0.822. The standard InChI is InChI=1S/C6H8N2.CHNS/c1-2-4-8-5-3-7-6-8;2-1-3/h2-3,5-6H,1,4H2;3H. The number of aromatic nitrogens is 2.